The van der Waals surface area contributed by atoms with Crippen molar-refractivity contribution in [2.45, 2.75) is 38.5 Å². The lowest BCUT2D eigenvalue weighted by molar-refractivity contribution is -0.137. The molecule has 1 aliphatic rings. The number of nitrogens with zero attached hydrogens (tertiary/aromatic N) is 1. The lowest BCUT2D eigenvalue weighted by Gasteiger charge is -2.16. The van der Waals surface area contributed by atoms with E-state index < -0.39 is 11.7 Å². The Kier molecular flexibility index (Phi) is 6.97. The van der Waals surface area contributed by atoms with E-state index >= 15 is 0 Å². The third kappa shape index (κ3) is 6.23. The summed E-state index contributed by atoms with van der Waals surface area (Å²) in [4.78, 5) is 25.6. The molecule has 5 nitrogen and oxygen atoms in total. The molecule has 1 aliphatic heterocycles. The molecule has 0 aromatic heterocycles. The summed E-state index contributed by atoms with van der Waals surface area (Å²) >= 11 is 0. The Morgan fingerprint density at radius 2 is 1.73 bits per heavy atom. The third-order valence-corrected chi connectivity index (χ3v) is 4.97. The molecule has 1 fully saturated rings. The molecule has 160 valence electrons. The molecule has 0 saturated carbocycles. The van der Waals surface area contributed by atoms with Crippen LogP contribution in [0.15, 0.2) is 48.5 Å². The number of nitrogens with one attached hydrogen (secondary N) is 2. The Balaban J connectivity index is 1.40. The van der Waals surface area contributed by atoms with Crippen LogP contribution < -0.4 is 10.6 Å². The molecular formula is C22H24F3N3O2. The number of halogens is 3. The van der Waals surface area contributed by atoms with Gasteiger partial charge in [-0.05, 0) is 41.7 Å². The Hall–Kier alpha value is -3.03. The summed E-state index contributed by atoms with van der Waals surface area (Å²) in [5, 5.41) is 5.46. The van der Waals surface area contributed by atoms with Crippen LogP contribution in [0.2, 0.25) is 0 Å². The third-order valence-electron chi connectivity index (χ3n) is 4.97. The van der Waals surface area contributed by atoms with E-state index in [9.17, 15) is 22.8 Å². The maximum atomic E-state index is 12.6. The van der Waals surface area contributed by atoms with E-state index in [-0.39, 0.29) is 11.9 Å². The van der Waals surface area contributed by atoms with Gasteiger partial charge in [0.1, 0.15) is 0 Å². The van der Waals surface area contributed by atoms with Gasteiger partial charge in [-0.3, -0.25) is 4.79 Å². The second-order valence-corrected chi connectivity index (χ2v) is 7.29. The van der Waals surface area contributed by atoms with Crippen molar-refractivity contribution in [3.8, 4) is 0 Å². The minimum absolute atomic E-state index is 0.172. The van der Waals surface area contributed by atoms with Crippen LogP contribution in [0.25, 0.3) is 0 Å². The molecule has 0 spiro atoms. The highest BCUT2D eigenvalue weighted by Gasteiger charge is 2.29. The number of alkyl halides is 3. The number of hydrogen-bond donors (Lipinski definition) is 2. The van der Waals surface area contributed by atoms with Gasteiger partial charge in [-0.2, -0.15) is 13.2 Å². The van der Waals surface area contributed by atoms with Gasteiger partial charge >= 0.3 is 12.2 Å². The molecule has 0 atom stereocenters. The second kappa shape index (κ2) is 9.65. The first-order valence-electron chi connectivity index (χ1n) is 9.85. The van der Waals surface area contributed by atoms with Crippen molar-refractivity contribution in [3.63, 3.8) is 0 Å². The second-order valence-electron chi connectivity index (χ2n) is 7.29. The molecule has 3 rings (SSSR count). The predicted octanol–water partition coefficient (Wildman–Crippen LogP) is 3.87. The molecule has 0 bridgehead atoms. The van der Waals surface area contributed by atoms with Gasteiger partial charge in [-0.15, -0.1) is 0 Å². The molecule has 3 amide bonds. The van der Waals surface area contributed by atoms with E-state index in [1.54, 1.807) is 0 Å². The SMILES string of the molecule is O=C(NCCc1ccc(C(F)(F)F)cc1)NCc1cccc(CN2CCCC2=O)c1. The van der Waals surface area contributed by atoms with Crippen molar-refractivity contribution in [1.29, 1.82) is 0 Å². The quantitative estimate of drug-likeness (QED) is 0.716. The number of hydrogen-bond acceptors (Lipinski definition) is 2. The highest BCUT2D eigenvalue weighted by atomic mass is 19.4. The molecule has 2 aromatic carbocycles. The van der Waals surface area contributed by atoms with Gasteiger partial charge in [-0.25, -0.2) is 4.79 Å². The van der Waals surface area contributed by atoms with Gasteiger partial charge in [-0.1, -0.05) is 36.4 Å². The maximum Gasteiger partial charge on any atom is 0.416 e. The number of carbonyl (C=O) groups excluding carboxylic acids is 2. The minimum atomic E-state index is -4.35. The minimum Gasteiger partial charge on any atom is -0.338 e. The zero-order valence-corrected chi connectivity index (χ0v) is 16.5. The molecular weight excluding hydrogens is 395 g/mol. The van der Waals surface area contributed by atoms with E-state index in [0.29, 0.717) is 38.0 Å². The summed E-state index contributed by atoms with van der Waals surface area (Å²) in [5.41, 5.74) is 1.98. The van der Waals surface area contributed by atoms with Gasteiger partial charge in [0.15, 0.2) is 0 Å². The van der Waals surface area contributed by atoms with Crippen LogP contribution in [-0.4, -0.2) is 29.9 Å². The first-order chi connectivity index (χ1) is 14.3. The van der Waals surface area contributed by atoms with Crippen molar-refractivity contribution in [1.82, 2.24) is 15.5 Å². The van der Waals surface area contributed by atoms with E-state index in [4.69, 9.17) is 0 Å². The van der Waals surface area contributed by atoms with Crippen molar-refractivity contribution < 1.29 is 22.8 Å². The van der Waals surface area contributed by atoms with Crippen LogP contribution >= 0.6 is 0 Å². The monoisotopic (exact) mass is 419 g/mol. The molecule has 1 saturated heterocycles. The Bertz CT molecular complexity index is 882. The van der Waals surface area contributed by atoms with Crippen LogP contribution in [-0.2, 0) is 30.5 Å². The lowest BCUT2D eigenvalue weighted by atomic mass is 10.1. The first kappa shape index (κ1) is 21.7. The average molecular weight is 419 g/mol. The van der Waals surface area contributed by atoms with E-state index in [0.717, 1.165) is 36.2 Å². The molecule has 2 N–H and O–H groups in total. The molecule has 0 unspecified atom stereocenters. The van der Waals surface area contributed by atoms with Gasteiger partial charge in [0.25, 0.3) is 0 Å². The van der Waals surface area contributed by atoms with Gasteiger partial charge in [0.2, 0.25) is 5.91 Å². The lowest BCUT2D eigenvalue weighted by Crippen LogP contribution is -2.36. The zero-order chi connectivity index (χ0) is 21.6. The topological polar surface area (TPSA) is 61.4 Å². The number of amides is 3. The number of rotatable bonds is 7. The summed E-state index contributed by atoms with van der Waals surface area (Å²) in [7, 11) is 0. The smallest absolute Gasteiger partial charge is 0.338 e. The highest BCUT2D eigenvalue weighted by Crippen LogP contribution is 2.29. The average Bonchev–Trinajstić information content (AvgIpc) is 3.11. The fourth-order valence-electron chi connectivity index (χ4n) is 3.36. The number of urea groups is 1. The van der Waals surface area contributed by atoms with Gasteiger partial charge < -0.3 is 15.5 Å². The predicted molar refractivity (Wildman–Crippen MR) is 106 cm³/mol. The van der Waals surface area contributed by atoms with Crippen LogP contribution in [0.5, 0.6) is 0 Å². The summed E-state index contributed by atoms with van der Waals surface area (Å²) < 4.78 is 37.7. The fraction of sp³-hybridized carbons (Fsp3) is 0.364. The molecule has 8 heteroatoms. The van der Waals surface area contributed by atoms with E-state index in [2.05, 4.69) is 10.6 Å². The van der Waals surface area contributed by atoms with Crippen LogP contribution in [0.3, 0.4) is 0 Å². The molecule has 1 heterocycles. The van der Waals surface area contributed by atoms with Crippen molar-refractivity contribution in [2.75, 3.05) is 13.1 Å². The maximum absolute atomic E-state index is 12.6. The molecule has 0 radical (unpaired) electrons. The normalized spacial score (nSPS) is 14.1. The molecule has 2 aromatic rings. The van der Waals surface area contributed by atoms with Crippen molar-refractivity contribution in [3.05, 3.63) is 70.8 Å². The summed E-state index contributed by atoms with van der Waals surface area (Å²) in [6.45, 7) is 2.01. The largest absolute Gasteiger partial charge is 0.416 e. The van der Waals surface area contributed by atoms with Crippen molar-refractivity contribution in [2.24, 2.45) is 0 Å². The van der Waals surface area contributed by atoms with Crippen LogP contribution in [0.1, 0.15) is 35.1 Å². The Labute approximate surface area is 173 Å². The zero-order valence-electron chi connectivity index (χ0n) is 16.5. The van der Waals surface area contributed by atoms with E-state index in [1.165, 1.54) is 12.1 Å². The Morgan fingerprint density at radius 3 is 2.40 bits per heavy atom. The number of benzene rings is 2. The van der Waals surface area contributed by atoms with Crippen LogP contribution in [0, 0.1) is 0 Å². The molecule has 30 heavy (non-hydrogen) atoms. The van der Waals surface area contributed by atoms with Gasteiger partial charge in [0, 0.05) is 32.6 Å². The van der Waals surface area contributed by atoms with Gasteiger partial charge in [0.05, 0.1) is 5.56 Å². The standard InChI is InChI=1S/C22H24F3N3O2/c23-22(24,25)19-8-6-16(7-9-19)10-11-26-21(30)27-14-17-3-1-4-18(13-17)15-28-12-2-5-20(28)29/h1,3-4,6-9,13H,2,5,10-12,14-15H2,(H2,26,27,30). The van der Waals surface area contributed by atoms with Crippen LogP contribution in [0.4, 0.5) is 18.0 Å². The first-order valence-corrected chi connectivity index (χ1v) is 9.85. The number of likely N-dealkylation sites (tertiary alicyclic amines) is 1. The summed E-state index contributed by atoms with van der Waals surface area (Å²) in [6.07, 6.45) is -2.41. The summed E-state index contributed by atoms with van der Waals surface area (Å²) in [5.74, 6) is 0.172. The Morgan fingerprint density at radius 1 is 1.00 bits per heavy atom. The fourth-order valence-corrected chi connectivity index (χ4v) is 3.36. The van der Waals surface area contributed by atoms with E-state index in [1.807, 2.05) is 29.2 Å². The summed E-state index contributed by atoms with van der Waals surface area (Å²) in [6, 6.07) is 12.3. The molecule has 0 aliphatic carbocycles. The number of carbonyl (C=O) groups is 2. The highest BCUT2D eigenvalue weighted by molar-refractivity contribution is 5.78. The van der Waals surface area contributed by atoms with Crippen molar-refractivity contribution >= 4 is 11.9 Å².